The highest BCUT2D eigenvalue weighted by Gasteiger charge is 2.14. The van der Waals surface area contributed by atoms with E-state index in [0.29, 0.717) is 12.1 Å². The first-order chi connectivity index (χ1) is 7.91. The quantitative estimate of drug-likeness (QED) is 0.740. The van der Waals surface area contributed by atoms with Gasteiger partial charge in [-0.2, -0.15) is 0 Å². The minimum absolute atomic E-state index is 0.0827. The molecule has 1 rings (SSSR count). The van der Waals surface area contributed by atoms with E-state index in [-0.39, 0.29) is 17.7 Å². The van der Waals surface area contributed by atoms with Gasteiger partial charge in [0.2, 0.25) is 0 Å². The van der Waals surface area contributed by atoms with E-state index >= 15 is 0 Å². The molecule has 2 unspecified atom stereocenters. The lowest BCUT2D eigenvalue weighted by molar-refractivity contribution is 0.120. The molecule has 3 nitrogen and oxygen atoms in total. The van der Waals surface area contributed by atoms with Gasteiger partial charge >= 0.3 is 0 Å². The molecule has 1 aromatic carbocycles. The third kappa shape index (κ3) is 3.98. The Morgan fingerprint density at radius 3 is 2.47 bits per heavy atom. The summed E-state index contributed by atoms with van der Waals surface area (Å²) in [6.07, 6.45) is -0.447. The minimum atomic E-state index is -0.447. The fraction of sp³-hybridized carbons (Fsp3) is 0.538. The van der Waals surface area contributed by atoms with E-state index in [1.165, 1.54) is 6.07 Å². The molecular formula is C13H20FNO2. The van der Waals surface area contributed by atoms with E-state index in [2.05, 4.69) is 5.32 Å². The Kier molecular flexibility index (Phi) is 4.90. The Bertz CT molecular complexity index is 368. The van der Waals surface area contributed by atoms with Gasteiger partial charge in [-0.05, 0) is 18.9 Å². The molecule has 0 bridgehead atoms. The largest absolute Gasteiger partial charge is 0.508 e. The van der Waals surface area contributed by atoms with Crippen molar-refractivity contribution in [1.82, 2.24) is 5.32 Å². The molecule has 96 valence electrons. The zero-order valence-electron chi connectivity index (χ0n) is 10.4. The van der Waals surface area contributed by atoms with Crippen LogP contribution in [0.2, 0.25) is 0 Å². The zero-order chi connectivity index (χ0) is 13.0. The molecule has 0 radical (unpaired) electrons. The first kappa shape index (κ1) is 13.9. The number of nitrogens with one attached hydrogen (secondary N) is 1. The molecule has 0 saturated heterocycles. The van der Waals surface area contributed by atoms with Gasteiger partial charge in [0.1, 0.15) is 11.6 Å². The second-order valence-electron chi connectivity index (χ2n) is 4.65. The lowest BCUT2D eigenvalue weighted by atomic mass is 10.0. The number of phenolic OH excluding ortho intramolecular Hbond substituents is 1. The van der Waals surface area contributed by atoms with Crippen LogP contribution in [0, 0.1) is 11.7 Å². The second kappa shape index (κ2) is 5.98. The molecule has 0 aliphatic carbocycles. The standard InChI is InChI=1S/C13H20FNO2/c1-8(2)13(17)7-15-9(3)11-5-4-10(16)6-12(11)14/h4-6,8-9,13,15-17H,7H2,1-3H3. The predicted molar refractivity (Wildman–Crippen MR) is 65.3 cm³/mol. The van der Waals surface area contributed by atoms with E-state index in [1.807, 2.05) is 20.8 Å². The summed E-state index contributed by atoms with van der Waals surface area (Å²) in [5.74, 6) is -0.357. The monoisotopic (exact) mass is 241 g/mol. The third-order valence-corrected chi connectivity index (χ3v) is 2.85. The number of halogens is 1. The summed E-state index contributed by atoms with van der Waals surface area (Å²) < 4.78 is 13.5. The van der Waals surface area contributed by atoms with Gasteiger partial charge in [0.15, 0.2) is 0 Å². The maximum Gasteiger partial charge on any atom is 0.131 e. The van der Waals surface area contributed by atoms with Gasteiger partial charge in [-0.1, -0.05) is 19.9 Å². The molecule has 1 aromatic rings. The summed E-state index contributed by atoms with van der Waals surface area (Å²) in [6.45, 7) is 6.10. The van der Waals surface area contributed by atoms with Crippen LogP contribution in [0.3, 0.4) is 0 Å². The van der Waals surface area contributed by atoms with Crippen LogP contribution >= 0.6 is 0 Å². The van der Waals surface area contributed by atoms with Crippen LogP contribution in [0.25, 0.3) is 0 Å². The van der Waals surface area contributed by atoms with Crippen molar-refractivity contribution in [3.8, 4) is 5.75 Å². The molecule has 4 heteroatoms. The molecule has 17 heavy (non-hydrogen) atoms. The van der Waals surface area contributed by atoms with Gasteiger partial charge in [0.25, 0.3) is 0 Å². The molecule has 0 fully saturated rings. The molecule has 0 saturated carbocycles. The molecule has 0 spiro atoms. The maximum absolute atomic E-state index is 13.5. The fourth-order valence-corrected chi connectivity index (χ4v) is 1.51. The van der Waals surface area contributed by atoms with E-state index in [1.54, 1.807) is 6.07 Å². The Morgan fingerprint density at radius 2 is 1.94 bits per heavy atom. The lowest BCUT2D eigenvalue weighted by Gasteiger charge is -2.20. The third-order valence-electron chi connectivity index (χ3n) is 2.85. The van der Waals surface area contributed by atoms with E-state index in [0.717, 1.165) is 6.07 Å². The van der Waals surface area contributed by atoms with Crippen LogP contribution in [0.4, 0.5) is 4.39 Å². The molecule has 2 atom stereocenters. The normalized spacial score (nSPS) is 14.9. The molecule has 0 aromatic heterocycles. The smallest absolute Gasteiger partial charge is 0.131 e. The maximum atomic E-state index is 13.5. The highest BCUT2D eigenvalue weighted by atomic mass is 19.1. The van der Waals surface area contributed by atoms with Crippen LogP contribution in [0.15, 0.2) is 18.2 Å². The van der Waals surface area contributed by atoms with Gasteiger partial charge in [0.05, 0.1) is 6.10 Å². The van der Waals surface area contributed by atoms with Crippen molar-refractivity contribution in [2.24, 2.45) is 5.92 Å². The van der Waals surface area contributed by atoms with Crippen LogP contribution in [0.5, 0.6) is 5.75 Å². The average molecular weight is 241 g/mol. The van der Waals surface area contributed by atoms with Crippen molar-refractivity contribution in [3.63, 3.8) is 0 Å². The predicted octanol–water partition coefficient (Wildman–Crippen LogP) is 2.20. The molecular weight excluding hydrogens is 221 g/mol. The number of rotatable bonds is 5. The van der Waals surface area contributed by atoms with E-state index in [4.69, 9.17) is 5.11 Å². The van der Waals surface area contributed by atoms with Crippen molar-refractivity contribution in [2.45, 2.75) is 32.9 Å². The Labute approximate surface area is 101 Å². The van der Waals surface area contributed by atoms with Crippen molar-refractivity contribution in [2.75, 3.05) is 6.54 Å². The summed E-state index contributed by atoms with van der Waals surface area (Å²) in [5, 5.41) is 21.8. The Hall–Kier alpha value is -1.13. The van der Waals surface area contributed by atoms with E-state index in [9.17, 15) is 9.50 Å². The highest BCUT2D eigenvalue weighted by molar-refractivity contribution is 5.29. The summed E-state index contributed by atoms with van der Waals surface area (Å²) in [6, 6.07) is 3.88. The van der Waals surface area contributed by atoms with Crippen LogP contribution in [0.1, 0.15) is 32.4 Å². The van der Waals surface area contributed by atoms with Crippen molar-refractivity contribution in [3.05, 3.63) is 29.6 Å². The number of aliphatic hydroxyl groups excluding tert-OH is 1. The number of aliphatic hydroxyl groups is 1. The summed E-state index contributed by atoms with van der Waals surface area (Å²) in [7, 11) is 0. The van der Waals surface area contributed by atoms with Crippen LogP contribution in [-0.4, -0.2) is 22.9 Å². The first-order valence-electron chi connectivity index (χ1n) is 5.81. The SMILES string of the molecule is CC(NCC(O)C(C)C)c1ccc(O)cc1F. The zero-order valence-corrected chi connectivity index (χ0v) is 10.4. The Morgan fingerprint density at radius 1 is 1.29 bits per heavy atom. The lowest BCUT2D eigenvalue weighted by Crippen LogP contribution is -2.32. The molecule has 0 heterocycles. The van der Waals surface area contributed by atoms with Crippen molar-refractivity contribution in [1.29, 1.82) is 0 Å². The first-order valence-corrected chi connectivity index (χ1v) is 5.81. The summed E-state index contributed by atoms with van der Waals surface area (Å²) in [5.41, 5.74) is 0.485. The van der Waals surface area contributed by atoms with E-state index < -0.39 is 11.9 Å². The fourth-order valence-electron chi connectivity index (χ4n) is 1.51. The van der Waals surface area contributed by atoms with Crippen LogP contribution < -0.4 is 5.32 Å². The van der Waals surface area contributed by atoms with Crippen molar-refractivity contribution >= 4 is 0 Å². The number of phenols is 1. The van der Waals surface area contributed by atoms with Crippen LogP contribution in [-0.2, 0) is 0 Å². The number of hydrogen-bond donors (Lipinski definition) is 3. The highest BCUT2D eigenvalue weighted by Crippen LogP contribution is 2.21. The second-order valence-corrected chi connectivity index (χ2v) is 4.65. The van der Waals surface area contributed by atoms with Gasteiger partial charge in [-0.25, -0.2) is 4.39 Å². The number of aromatic hydroxyl groups is 1. The van der Waals surface area contributed by atoms with Gasteiger partial charge < -0.3 is 15.5 Å². The topological polar surface area (TPSA) is 52.5 Å². The minimum Gasteiger partial charge on any atom is -0.508 e. The van der Waals surface area contributed by atoms with Crippen molar-refractivity contribution < 1.29 is 14.6 Å². The summed E-state index contributed by atoms with van der Waals surface area (Å²) in [4.78, 5) is 0. The van der Waals surface area contributed by atoms with Gasteiger partial charge in [-0.3, -0.25) is 0 Å². The molecule has 0 amide bonds. The Balaban J connectivity index is 2.61. The number of benzene rings is 1. The average Bonchev–Trinajstić information content (AvgIpc) is 2.25. The summed E-state index contributed by atoms with van der Waals surface area (Å²) >= 11 is 0. The molecule has 3 N–H and O–H groups in total. The van der Waals surface area contributed by atoms with Gasteiger partial charge in [-0.15, -0.1) is 0 Å². The molecule has 0 aliphatic heterocycles. The number of hydrogen-bond acceptors (Lipinski definition) is 3. The van der Waals surface area contributed by atoms with Gasteiger partial charge in [0, 0.05) is 24.2 Å². The molecule has 0 aliphatic rings.